The molecule has 0 rings (SSSR count). The van der Waals surface area contributed by atoms with Crippen molar-refractivity contribution in [3.05, 3.63) is 0 Å². The largest absolute Gasteiger partial charge is 0.285 e. The molecular formula is C12H28ClNSi. The van der Waals surface area contributed by atoms with Crippen molar-refractivity contribution in [2.75, 3.05) is 13.1 Å². The molecule has 2 atom stereocenters. The van der Waals surface area contributed by atoms with E-state index < -0.39 is 0 Å². The maximum absolute atomic E-state index is 6.99. The van der Waals surface area contributed by atoms with Gasteiger partial charge in [-0.2, -0.15) is 0 Å². The van der Waals surface area contributed by atoms with Crippen LogP contribution in [0.3, 0.4) is 0 Å². The van der Waals surface area contributed by atoms with E-state index in [1.54, 1.807) is 0 Å². The molecule has 0 spiro atoms. The van der Waals surface area contributed by atoms with Crippen LogP contribution in [0.15, 0.2) is 0 Å². The lowest BCUT2D eigenvalue weighted by atomic mass is 9.86. The van der Waals surface area contributed by atoms with Gasteiger partial charge in [-0.25, -0.2) is 0 Å². The predicted octanol–water partition coefficient (Wildman–Crippen LogP) is 2.87. The molecule has 0 aliphatic heterocycles. The highest BCUT2D eigenvalue weighted by Gasteiger charge is 2.47. The smallest absolute Gasteiger partial charge is 0.100 e. The first-order valence-corrected chi connectivity index (χ1v) is 7.57. The van der Waals surface area contributed by atoms with Crippen molar-refractivity contribution in [2.24, 2.45) is 5.92 Å². The lowest BCUT2D eigenvalue weighted by Gasteiger charge is -2.51. The van der Waals surface area contributed by atoms with Crippen LogP contribution in [-0.2, 0) is 0 Å². The first kappa shape index (κ1) is 15.5. The fraction of sp³-hybridized carbons (Fsp3) is 1.00. The van der Waals surface area contributed by atoms with Gasteiger partial charge < -0.3 is 0 Å². The molecule has 1 nitrogen and oxygen atoms in total. The number of halogens is 1. The summed E-state index contributed by atoms with van der Waals surface area (Å²) in [5.74, 6) is 0.534. The predicted molar refractivity (Wildman–Crippen MR) is 74.9 cm³/mol. The van der Waals surface area contributed by atoms with Crippen LogP contribution in [0, 0.1) is 5.92 Å². The number of rotatable bonds is 6. The van der Waals surface area contributed by atoms with Crippen LogP contribution in [0.5, 0.6) is 0 Å². The fourth-order valence-electron chi connectivity index (χ4n) is 2.48. The number of nitrogens with zero attached hydrogens (tertiary/aromatic N) is 1. The average Bonchev–Trinajstić information content (AvgIpc) is 2.16. The minimum absolute atomic E-state index is 0.169. The van der Waals surface area contributed by atoms with E-state index in [9.17, 15) is 0 Å². The second kappa shape index (κ2) is 5.69. The second-order valence-electron chi connectivity index (χ2n) is 5.40. The zero-order valence-electron chi connectivity index (χ0n) is 11.5. The van der Waals surface area contributed by atoms with Crippen molar-refractivity contribution in [1.29, 1.82) is 0 Å². The molecule has 0 aliphatic carbocycles. The molecule has 0 aromatic rings. The minimum Gasteiger partial charge on any atom is -0.285 e. The Kier molecular flexibility index (Phi) is 5.87. The van der Waals surface area contributed by atoms with E-state index >= 15 is 0 Å². The Labute approximate surface area is 104 Å². The van der Waals surface area contributed by atoms with Gasteiger partial charge >= 0.3 is 0 Å². The molecule has 0 N–H and O–H groups in total. The van der Waals surface area contributed by atoms with E-state index in [4.69, 9.17) is 11.6 Å². The summed E-state index contributed by atoms with van der Waals surface area (Å²) in [4.78, 5) is 2.26. The summed E-state index contributed by atoms with van der Waals surface area (Å²) in [6.45, 7) is 15.6. The molecule has 0 aromatic heterocycles. The van der Waals surface area contributed by atoms with Crippen LogP contribution in [0.2, 0.25) is 5.04 Å². The molecule has 0 heterocycles. The average molecular weight is 250 g/mol. The van der Waals surface area contributed by atoms with Gasteiger partial charge in [-0.3, -0.25) is 4.90 Å². The van der Waals surface area contributed by atoms with Crippen molar-refractivity contribution in [1.82, 2.24) is 4.90 Å². The number of hydrogen-bond donors (Lipinski definition) is 0. The van der Waals surface area contributed by atoms with E-state index in [1.807, 2.05) is 0 Å². The zero-order chi connectivity index (χ0) is 12.3. The van der Waals surface area contributed by atoms with Gasteiger partial charge in [0.15, 0.2) is 0 Å². The Morgan fingerprint density at radius 2 is 1.60 bits per heavy atom. The Morgan fingerprint density at radius 1 is 1.20 bits per heavy atom. The standard InChI is InChI=1S/C12H28ClNSi/c1-7-10(4)12(13,11(5,6)15)14(8-2)9-3/h10H,7-9H2,1-6,15H3. The van der Waals surface area contributed by atoms with Gasteiger partial charge in [0.1, 0.15) is 5.00 Å². The summed E-state index contributed by atoms with van der Waals surface area (Å²) in [5, 5.41) is 0.232. The normalized spacial score (nSPS) is 19.2. The van der Waals surface area contributed by atoms with Gasteiger partial charge in [-0.15, -0.1) is 11.6 Å². The molecular weight excluding hydrogens is 222 g/mol. The second-order valence-corrected chi connectivity index (χ2v) is 8.48. The van der Waals surface area contributed by atoms with Gasteiger partial charge in [0, 0.05) is 10.2 Å². The summed E-state index contributed by atoms with van der Waals surface area (Å²) in [6.07, 6.45) is 1.14. The summed E-state index contributed by atoms with van der Waals surface area (Å²) >= 11 is 6.99. The molecule has 3 heteroatoms. The third-order valence-electron chi connectivity index (χ3n) is 3.54. The van der Waals surface area contributed by atoms with Crippen LogP contribution in [0.1, 0.15) is 48.0 Å². The van der Waals surface area contributed by atoms with Crippen LogP contribution in [0.25, 0.3) is 0 Å². The van der Waals surface area contributed by atoms with E-state index in [1.165, 1.54) is 0 Å². The lowest BCUT2D eigenvalue weighted by molar-refractivity contribution is 0.0861. The Bertz CT molecular complexity index is 187. The van der Waals surface area contributed by atoms with Gasteiger partial charge in [0.25, 0.3) is 0 Å². The van der Waals surface area contributed by atoms with E-state index in [2.05, 4.69) is 46.4 Å². The van der Waals surface area contributed by atoms with Crippen molar-refractivity contribution in [3.63, 3.8) is 0 Å². The molecule has 0 aliphatic rings. The van der Waals surface area contributed by atoms with Gasteiger partial charge in [-0.05, 0) is 24.0 Å². The van der Waals surface area contributed by atoms with Crippen LogP contribution in [-0.4, -0.2) is 33.2 Å². The molecule has 0 radical (unpaired) electrons. The molecule has 0 fully saturated rings. The third kappa shape index (κ3) is 2.98. The first-order chi connectivity index (χ1) is 6.75. The maximum Gasteiger partial charge on any atom is 0.100 e. The van der Waals surface area contributed by atoms with Crippen molar-refractivity contribution in [2.45, 2.75) is 58.0 Å². The van der Waals surface area contributed by atoms with Gasteiger partial charge in [0.2, 0.25) is 0 Å². The maximum atomic E-state index is 6.99. The van der Waals surface area contributed by atoms with Crippen LogP contribution >= 0.6 is 11.6 Å². The van der Waals surface area contributed by atoms with E-state index in [0.717, 1.165) is 29.8 Å². The lowest BCUT2D eigenvalue weighted by Crippen LogP contribution is -2.55. The Balaban J connectivity index is 5.18. The SMILES string of the molecule is CCC(C)C(Cl)(N(CC)CC)C(C)(C)[SiH3]. The van der Waals surface area contributed by atoms with Crippen molar-refractivity contribution < 1.29 is 0 Å². The molecule has 92 valence electrons. The molecule has 2 unspecified atom stereocenters. The molecule has 0 saturated heterocycles. The number of hydrogen-bond acceptors (Lipinski definition) is 1. The summed E-state index contributed by atoms with van der Waals surface area (Å²) in [6, 6.07) is 0. The van der Waals surface area contributed by atoms with Crippen LogP contribution in [0.4, 0.5) is 0 Å². The Morgan fingerprint density at radius 3 is 1.80 bits per heavy atom. The molecule has 0 aromatic carbocycles. The van der Waals surface area contributed by atoms with Gasteiger partial charge in [0.05, 0.1) is 0 Å². The van der Waals surface area contributed by atoms with Gasteiger partial charge in [-0.1, -0.05) is 48.0 Å². The van der Waals surface area contributed by atoms with E-state index in [0.29, 0.717) is 5.92 Å². The summed E-state index contributed by atoms with van der Waals surface area (Å²) in [5.41, 5.74) is 0. The van der Waals surface area contributed by atoms with Crippen LogP contribution < -0.4 is 0 Å². The highest BCUT2D eigenvalue weighted by atomic mass is 35.5. The Hall–Kier alpha value is 0.467. The molecule has 0 amide bonds. The highest BCUT2D eigenvalue weighted by Crippen LogP contribution is 2.49. The summed E-state index contributed by atoms with van der Waals surface area (Å²) in [7, 11) is 1.12. The molecule has 0 saturated carbocycles. The zero-order valence-corrected chi connectivity index (χ0v) is 14.3. The topological polar surface area (TPSA) is 3.24 Å². The van der Waals surface area contributed by atoms with Crippen molar-refractivity contribution >= 4 is 21.8 Å². The first-order valence-electron chi connectivity index (χ1n) is 6.19. The monoisotopic (exact) mass is 249 g/mol. The third-order valence-corrected chi connectivity index (χ3v) is 5.80. The van der Waals surface area contributed by atoms with E-state index in [-0.39, 0.29) is 10.0 Å². The number of alkyl halides is 1. The quantitative estimate of drug-likeness (QED) is 0.398. The minimum atomic E-state index is -0.169. The summed E-state index contributed by atoms with van der Waals surface area (Å²) < 4.78 is 0. The molecule has 0 bridgehead atoms. The molecule has 15 heavy (non-hydrogen) atoms. The highest BCUT2D eigenvalue weighted by molar-refractivity contribution is 6.31. The van der Waals surface area contributed by atoms with Crippen molar-refractivity contribution in [3.8, 4) is 0 Å². The fourth-order valence-corrected chi connectivity index (χ4v) is 3.68.